The Morgan fingerprint density at radius 1 is 1.26 bits per heavy atom. The van der Waals surface area contributed by atoms with Crippen LogP contribution in [-0.4, -0.2) is 53.6 Å². The van der Waals surface area contributed by atoms with Crippen LogP contribution >= 0.6 is 15.9 Å². The zero-order chi connectivity index (χ0) is 13.2. The molecule has 19 heavy (non-hydrogen) atoms. The normalized spacial score (nSPS) is 24.1. The topological polar surface area (TPSA) is 58.6 Å². The first kappa shape index (κ1) is 12.8. The summed E-state index contributed by atoms with van der Waals surface area (Å²) in [6.07, 6.45) is 2.05. The molecule has 2 fully saturated rings. The highest BCUT2D eigenvalue weighted by molar-refractivity contribution is 9.09. The van der Waals surface area contributed by atoms with Crippen LogP contribution in [0.5, 0.6) is 0 Å². The maximum absolute atomic E-state index is 11.9. The molecule has 2 saturated heterocycles. The Bertz CT molecular complexity index is 479. The van der Waals surface area contributed by atoms with E-state index in [1.807, 2.05) is 6.07 Å². The highest BCUT2D eigenvalue weighted by atomic mass is 79.9. The lowest BCUT2D eigenvalue weighted by molar-refractivity contribution is -0.117. The molecule has 7 heteroatoms. The number of amides is 1. The molecule has 6 nitrogen and oxygen atoms in total. The summed E-state index contributed by atoms with van der Waals surface area (Å²) < 4.78 is 5.33. The number of aromatic nitrogens is 2. The van der Waals surface area contributed by atoms with Crippen molar-refractivity contribution in [2.75, 3.05) is 42.6 Å². The van der Waals surface area contributed by atoms with E-state index in [0.717, 1.165) is 18.9 Å². The predicted octanol–water partition coefficient (Wildman–Crippen LogP) is 0.813. The number of ether oxygens (including phenoxy) is 1. The number of morpholine rings is 1. The molecule has 1 atom stereocenters. The number of nitrogens with zero attached hydrogens (tertiary/aromatic N) is 4. The van der Waals surface area contributed by atoms with E-state index in [9.17, 15) is 4.79 Å². The van der Waals surface area contributed by atoms with E-state index in [2.05, 4.69) is 30.8 Å². The van der Waals surface area contributed by atoms with Gasteiger partial charge in [0.25, 0.3) is 0 Å². The van der Waals surface area contributed by atoms with Crippen molar-refractivity contribution in [3.63, 3.8) is 0 Å². The molecule has 102 valence electrons. The van der Waals surface area contributed by atoms with Gasteiger partial charge in [0.2, 0.25) is 5.91 Å². The molecule has 0 aromatic carbocycles. The van der Waals surface area contributed by atoms with E-state index in [4.69, 9.17) is 4.74 Å². The fourth-order valence-electron chi connectivity index (χ4n) is 2.34. The molecular formula is C12H15BrN4O2. The van der Waals surface area contributed by atoms with Crippen molar-refractivity contribution in [3.8, 4) is 0 Å². The Morgan fingerprint density at radius 2 is 2.00 bits per heavy atom. The SMILES string of the molecule is O=C1CC(Br)CN1c1cc(N2CCOCC2)ncn1. The van der Waals surface area contributed by atoms with Gasteiger partial charge in [-0.2, -0.15) is 0 Å². The Kier molecular flexibility index (Phi) is 3.65. The Morgan fingerprint density at radius 3 is 2.68 bits per heavy atom. The molecule has 3 heterocycles. The van der Waals surface area contributed by atoms with Gasteiger partial charge in [-0.15, -0.1) is 0 Å². The summed E-state index contributed by atoms with van der Waals surface area (Å²) in [6, 6.07) is 1.88. The van der Waals surface area contributed by atoms with Crippen LogP contribution in [-0.2, 0) is 9.53 Å². The minimum Gasteiger partial charge on any atom is -0.378 e. The van der Waals surface area contributed by atoms with Crippen molar-refractivity contribution >= 4 is 33.5 Å². The van der Waals surface area contributed by atoms with E-state index >= 15 is 0 Å². The third-order valence-electron chi connectivity index (χ3n) is 3.33. The number of carbonyl (C=O) groups is 1. The molecule has 1 aromatic rings. The molecule has 2 aliphatic heterocycles. The second-order valence-corrected chi connectivity index (χ2v) is 5.93. The smallest absolute Gasteiger partial charge is 0.229 e. The molecule has 0 N–H and O–H groups in total. The summed E-state index contributed by atoms with van der Waals surface area (Å²) in [5, 5.41) is 0. The number of alkyl halides is 1. The van der Waals surface area contributed by atoms with Crippen LogP contribution in [0.15, 0.2) is 12.4 Å². The fraction of sp³-hybridized carbons (Fsp3) is 0.583. The van der Waals surface area contributed by atoms with E-state index in [1.54, 1.807) is 4.90 Å². The molecular weight excluding hydrogens is 312 g/mol. The largest absolute Gasteiger partial charge is 0.378 e. The van der Waals surface area contributed by atoms with Crippen molar-refractivity contribution in [1.82, 2.24) is 9.97 Å². The van der Waals surface area contributed by atoms with Gasteiger partial charge < -0.3 is 9.64 Å². The molecule has 2 aliphatic rings. The van der Waals surface area contributed by atoms with Gasteiger partial charge >= 0.3 is 0 Å². The van der Waals surface area contributed by atoms with E-state index in [1.165, 1.54) is 6.33 Å². The number of carbonyl (C=O) groups excluding carboxylic acids is 1. The van der Waals surface area contributed by atoms with Crippen LogP contribution in [0.3, 0.4) is 0 Å². The quantitative estimate of drug-likeness (QED) is 0.753. The second-order valence-electron chi connectivity index (χ2n) is 4.64. The predicted molar refractivity (Wildman–Crippen MR) is 74.7 cm³/mol. The van der Waals surface area contributed by atoms with E-state index in [0.29, 0.717) is 32.0 Å². The summed E-state index contributed by atoms with van der Waals surface area (Å²) in [6.45, 7) is 3.74. The number of hydrogen-bond donors (Lipinski definition) is 0. The average Bonchev–Trinajstić information content (AvgIpc) is 2.79. The number of anilines is 2. The van der Waals surface area contributed by atoms with Gasteiger partial charge in [0.15, 0.2) is 0 Å². The van der Waals surface area contributed by atoms with Crippen molar-refractivity contribution < 1.29 is 9.53 Å². The molecule has 1 aromatic heterocycles. The van der Waals surface area contributed by atoms with E-state index < -0.39 is 0 Å². The number of halogens is 1. The van der Waals surface area contributed by atoms with Crippen molar-refractivity contribution in [3.05, 3.63) is 12.4 Å². The van der Waals surface area contributed by atoms with E-state index in [-0.39, 0.29) is 10.7 Å². The Hall–Kier alpha value is -1.21. The van der Waals surface area contributed by atoms with Crippen molar-refractivity contribution in [1.29, 1.82) is 0 Å². The minimum absolute atomic E-state index is 0.105. The molecule has 1 amide bonds. The molecule has 0 aliphatic carbocycles. The lowest BCUT2D eigenvalue weighted by Crippen LogP contribution is -2.37. The molecule has 0 bridgehead atoms. The molecule has 1 unspecified atom stereocenters. The van der Waals surface area contributed by atoms with Gasteiger partial charge in [-0.1, -0.05) is 15.9 Å². The van der Waals surface area contributed by atoms with Crippen LogP contribution in [0.1, 0.15) is 6.42 Å². The molecule has 3 rings (SSSR count). The molecule has 0 radical (unpaired) electrons. The third-order valence-corrected chi connectivity index (χ3v) is 3.94. The first-order valence-corrected chi connectivity index (χ1v) is 7.25. The second kappa shape index (κ2) is 5.42. The van der Waals surface area contributed by atoms with Gasteiger partial charge in [0, 0.05) is 36.9 Å². The summed E-state index contributed by atoms with van der Waals surface area (Å²) >= 11 is 3.48. The fourth-order valence-corrected chi connectivity index (χ4v) is 2.90. The highest BCUT2D eigenvalue weighted by Gasteiger charge is 2.30. The van der Waals surface area contributed by atoms with Crippen molar-refractivity contribution in [2.45, 2.75) is 11.2 Å². The summed E-state index contributed by atoms with van der Waals surface area (Å²) in [5.74, 6) is 1.65. The number of hydrogen-bond acceptors (Lipinski definition) is 5. The van der Waals surface area contributed by atoms with Crippen LogP contribution in [0, 0.1) is 0 Å². The van der Waals surface area contributed by atoms with Gasteiger partial charge in [0.05, 0.1) is 13.2 Å². The average molecular weight is 327 g/mol. The zero-order valence-electron chi connectivity index (χ0n) is 10.5. The van der Waals surface area contributed by atoms with Crippen LogP contribution in [0.2, 0.25) is 0 Å². The van der Waals surface area contributed by atoms with Crippen LogP contribution in [0.4, 0.5) is 11.6 Å². The Balaban J connectivity index is 1.81. The first-order chi connectivity index (χ1) is 9.24. The minimum atomic E-state index is 0.105. The van der Waals surface area contributed by atoms with Gasteiger partial charge in [0.1, 0.15) is 18.0 Å². The lowest BCUT2D eigenvalue weighted by Gasteiger charge is -2.28. The molecule has 0 spiro atoms. The van der Waals surface area contributed by atoms with Crippen molar-refractivity contribution in [2.24, 2.45) is 0 Å². The summed E-state index contributed by atoms with van der Waals surface area (Å²) in [5.41, 5.74) is 0. The number of rotatable bonds is 2. The van der Waals surface area contributed by atoms with Gasteiger partial charge in [-0.25, -0.2) is 9.97 Å². The van der Waals surface area contributed by atoms with Crippen LogP contribution in [0.25, 0.3) is 0 Å². The standard InChI is InChI=1S/C12H15BrN4O2/c13-9-5-12(18)17(7-9)11-6-10(14-8-15-11)16-1-3-19-4-2-16/h6,8-9H,1-5,7H2. The summed E-state index contributed by atoms with van der Waals surface area (Å²) in [7, 11) is 0. The highest BCUT2D eigenvalue weighted by Crippen LogP contribution is 2.25. The van der Waals surface area contributed by atoms with Gasteiger partial charge in [-0.05, 0) is 0 Å². The maximum Gasteiger partial charge on any atom is 0.229 e. The lowest BCUT2D eigenvalue weighted by atomic mass is 10.4. The maximum atomic E-state index is 11.9. The monoisotopic (exact) mass is 326 g/mol. The zero-order valence-corrected chi connectivity index (χ0v) is 12.0. The molecule has 0 saturated carbocycles. The first-order valence-electron chi connectivity index (χ1n) is 6.33. The Labute approximate surface area is 119 Å². The van der Waals surface area contributed by atoms with Gasteiger partial charge in [-0.3, -0.25) is 9.69 Å². The summed E-state index contributed by atoms with van der Waals surface area (Å²) in [4.78, 5) is 24.5. The third kappa shape index (κ3) is 2.71. The van der Waals surface area contributed by atoms with Crippen LogP contribution < -0.4 is 9.80 Å².